The average molecular weight is 422 g/mol. The molecule has 0 fully saturated rings. The minimum atomic E-state index is -4.21. The Balaban J connectivity index is 2.32. The van der Waals surface area contributed by atoms with Crippen molar-refractivity contribution < 1.29 is 18.0 Å². The standard InChI is InChI=1S/C22H29F3N4O/c1-4-5-8-20-18-9-11-28-21(26-3)19(18)15-29(20)16(2)17(7-6-13-30)14-27-12-10-22(23,24)25/h6-9,11,13-14,16,27H,4-5,10,12,15H2,1-3H3,(H,26,28)/b7-6?,17-14?,20-8+. The van der Waals surface area contributed by atoms with Gasteiger partial charge in [-0.15, -0.1) is 0 Å². The predicted octanol–water partition coefficient (Wildman–Crippen LogP) is 4.65. The SMILES string of the molecule is CCC/C=C1\c2ccnc(NC)c2CN1C(C)C(C=CC=O)=CNCCC(F)(F)F. The Morgan fingerprint density at radius 1 is 1.40 bits per heavy atom. The summed E-state index contributed by atoms with van der Waals surface area (Å²) in [5.41, 5.74) is 3.97. The Morgan fingerprint density at radius 3 is 2.80 bits per heavy atom. The highest BCUT2D eigenvalue weighted by molar-refractivity contribution is 5.75. The molecule has 0 saturated heterocycles. The van der Waals surface area contributed by atoms with Gasteiger partial charge in [-0.2, -0.15) is 13.2 Å². The summed E-state index contributed by atoms with van der Waals surface area (Å²) in [6.07, 6.45) is 5.92. The summed E-state index contributed by atoms with van der Waals surface area (Å²) in [5, 5.41) is 5.86. The second-order valence-electron chi connectivity index (χ2n) is 7.08. The molecule has 1 aliphatic heterocycles. The molecule has 0 aromatic carbocycles. The summed E-state index contributed by atoms with van der Waals surface area (Å²) >= 11 is 0. The van der Waals surface area contributed by atoms with Crippen molar-refractivity contribution in [2.75, 3.05) is 18.9 Å². The molecule has 30 heavy (non-hydrogen) atoms. The number of fused-ring (bicyclic) bond motifs is 1. The van der Waals surface area contributed by atoms with Gasteiger partial charge in [-0.05, 0) is 31.1 Å². The van der Waals surface area contributed by atoms with Gasteiger partial charge in [0.15, 0.2) is 0 Å². The van der Waals surface area contributed by atoms with Crippen LogP contribution in [0, 0.1) is 0 Å². The maximum Gasteiger partial charge on any atom is 0.390 e. The van der Waals surface area contributed by atoms with E-state index >= 15 is 0 Å². The molecule has 1 aromatic heterocycles. The van der Waals surface area contributed by atoms with Crippen molar-refractivity contribution in [3.8, 4) is 0 Å². The molecule has 1 aromatic rings. The molecule has 2 heterocycles. The third kappa shape index (κ3) is 6.11. The number of nitrogens with one attached hydrogen (secondary N) is 2. The van der Waals surface area contributed by atoms with Crippen LogP contribution < -0.4 is 10.6 Å². The summed E-state index contributed by atoms with van der Waals surface area (Å²) in [7, 11) is 1.83. The number of nitrogens with zero attached hydrogens (tertiary/aromatic N) is 2. The van der Waals surface area contributed by atoms with Crippen molar-refractivity contribution in [2.45, 2.75) is 51.9 Å². The van der Waals surface area contributed by atoms with Gasteiger partial charge in [0.25, 0.3) is 0 Å². The van der Waals surface area contributed by atoms with Gasteiger partial charge in [0.2, 0.25) is 0 Å². The van der Waals surface area contributed by atoms with Gasteiger partial charge in [-0.3, -0.25) is 4.79 Å². The lowest BCUT2D eigenvalue weighted by Gasteiger charge is -2.29. The number of rotatable bonds is 10. The number of unbranched alkanes of at least 4 members (excludes halogenated alkanes) is 1. The number of halogens is 3. The number of aldehydes is 1. The summed E-state index contributed by atoms with van der Waals surface area (Å²) in [6, 6.07) is 1.82. The van der Waals surface area contributed by atoms with E-state index in [0.717, 1.165) is 41.1 Å². The van der Waals surface area contributed by atoms with Gasteiger partial charge in [0.05, 0.1) is 12.5 Å². The molecule has 0 saturated carbocycles. The lowest BCUT2D eigenvalue weighted by Crippen LogP contribution is -2.30. The van der Waals surface area contributed by atoms with E-state index in [9.17, 15) is 18.0 Å². The zero-order chi connectivity index (χ0) is 22.1. The minimum Gasteiger partial charge on any atom is -0.390 e. The van der Waals surface area contributed by atoms with Crippen LogP contribution in [0.3, 0.4) is 0 Å². The number of allylic oxidation sites excluding steroid dienone is 2. The fourth-order valence-electron chi connectivity index (χ4n) is 3.41. The normalized spacial score (nSPS) is 16.8. The van der Waals surface area contributed by atoms with E-state index in [4.69, 9.17) is 0 Å². The van der Waals surface area contributed by atoms with E-state index in [2.05, 4.69) is 33.5 Å². The van der Waals surface area contributed by atoms with Gasteiger partial charge in [0, 0.05) is 49.4 Å². The predicted molar refractivity (Wildman–Crippen MR) is 114 cm³/mol. The number of anilines is 1. The number of carbonyl (C=O) groups is 1. The van der Waals surface area contributed by atoms with Crippen molar-refractivity contribution in [1.29, 1.82) is 0 Å². The fraction of sp³-hybridized carbons (Fsp3) is 0.455. The van der Waals surface area contributed by atoms with Gasteiger partial charge >= 0.3 is 6.18 Å². The van der Waals surface area contributed by atoms with Crippen LogP contribution in [0.4, 0.5) is 19.0 Å². The molecule has 0 aliphatic carbocycles. The Bertz CT molecular complexity index is 815. The van der Waals surface area contributed by atoms with Crippen LogP contribution >= 0.6 is 0 Å². The molecule has 1 atom stereocenters. The minimum absolute atomic E-state index is 0.167. The van der Waals surface area contributed by atoms with E-state index in [1.807, 2.05) is 20.0 Å². The van der Waals surface area contributed by atoms with E-state index in [-0.39, 0.29) is 12.6 Å². The second-order valence-corrected chi connectivity index (χ2v) is 7.08. The molecule has 0 radical (unpaired) electrons. The number of alkyl halides is 3. The monoisotopic (exact) mass is 422 g/mol. The van der Waals surface area contributed by atoms with E-state index < -0.39 is 12.6 Å². The molecule has 0 spiro atoms. The summed E-state index contributed by atoms with van der Waals surface area (Å²) < 4.78 is 37.3. The molecule has 0 bridgehead atoms. The number of aromatic nitrogens is 1. The lowest BCUT2D eigenvalue weighted by atomic mass is 10.1. The number of hydrogen-bond acceptors (Lipinski definition) is 5. The molecular weight excluding hydrogens is 393 g/mol. The molecule has 1 unspecified atom stereocenters. The van der Waals surface area contributed by atoms with E-state index in [1.165, 1.54) is 6.08 Å². The third-order valence-electron chi connectivity index (χ3n) is 4.97. The van der Waals surface area contributed by atoms with Crippen LogP contribution in [-0.4, -0.2) is 42.0 Å². The molecule has 2 rings (SSSR count). The molecule has 5 nitrogen and oxygen atoms in total. The average Bonchev–Trinajstić information content (AvgIpc) is 3.09. The lowest BCUT2D eigenvalue weighted by molar-refractivity contribution is -0.133. The molecule has 1 aliphatic rings. The van der Waals surface area contributed by atoms with Gasteiger partial charge in [-0.25, -0.2) is 4.98 Å². The van der Waals surface area contributed by atoms with Crippen molar-refractivity contribution in [1.82, 2.24) is 15.2 Å². The van der Waals surface area contributed by atoms with Crippen LogP contribution in [0.5, 0.6) is 0 Å². The van der Waals surface area contributed by atoms with Crippen LogP contribution in [-0.2, 0) is 11.3 Å². The summed E-state index contributed by atoms with van der Waals surface area (Å²) in [6.45, 7) is 4.48. The molecule has 0 amide bonds. The topological polar surface area (TPSA) is 57.3 Å². The smallest absolute Gasteiger partial charge is 0.390 e. The Kier molecular flexibility index (Phi) is 8.50. The maximum absolute atomic E-state index is 12.4. The van der Waals surface area contributed by atoms with Crippen molar-refractivity contribution in [3.05, 3.63) is 53.4 Å². The second kappa shape index (κ2) is 10.8. The zero-order valence-electron chi connectivity index (χ0n) is 17.6. The quantitative estimate of drug-likeness (QED) is 0.249. The Hall–Kier alpha value is -2.77. The molecule has 8 heteroatoms. The first-order chi connectivity index (χ1) is 14.3. The number of hydrogen-bond donors (Lipinski definition) is 2. The Labute approximate surface area is 175 Å². The van der Waals surface area contributed by atoms with Crippen LogP contribution in [0.2, 0.25) is 0 Å². The molecule has 2 N–H and O–H groups in total. The molecule has 164 valence electrons. The Morgan fingerprint density at radius 2 is 2.17 bits per heavy atom. The van der Waals surface area contributed by atoms with Gasteiger partial charge in [-0.1, -0.05) is 25.5 Å². The fourth-order valence-corrected chi connectivity index (χ4v) is 3.41. The van der Waals surface area contributed by atoms with Crippen molar-refractivity contribution in [3.63, 3.8) is 0 Å². The first-order valence-electron chi connectivity index (χ1n) is 10.1. The third-order valence-corrected chi connectivity index (χ3v) is 4.97. The van der Waals surface area contributed by atoms with Gasteiger partial charge < -0.3 is 15.5 Å². The zero-order valence-corrected chi connectivity index (χ0v) is 17.6. The maximum atomic E-state index is 12.4. The highest BCUT2D eigenvalue weighted by atomic mass is 19.4. The number of pyridine rings is 1. The van der Waals surface area contributed by atoms with Crippen LogP contribution in [0.15, 0.2) is 42.3 Å². The largest absolute Gasteiger partial charge is 0.390 e. The summed E-state index contributed by atoms with van der Waals surface area (Å²) in [5.74, 6) is 0.807. The first kappa shape index (κ1) is 23.5. The first-order valence-corrected chi connectivity index (χ1v) is 10.1. The highest BCUT2D eigenvalue weighted by Gasteiger charge is 2.31. The highest BCUT2D eigenvalue weighted by Crippen LogP contribution is 2.39. The van der Waals surface area contributed by atoms with E-state index in [0.29, 0.717) is 12.8 Å². The van der Waals surface area contributed by atoms with Crippen molar-refractivity contribution >= 4 is 17.8 Å². The molecular formula is C22H29F3N4O. The van der Waals surface area contributed by atoms with Crippen molar-refractivity contribution in [2.24, 2.45) is 0 Å². The van der Waals surface area contributed by atoms with E-state index in [1.54, 1.807) is 18.5 Å². The van der Waals surface area contributed by atoms with Crippen LogP contribution in [0.1, 0.15) is 44.2 Å². The summed E-state index contributed by atoms with van der Waals surface area (Å²) in [4.78, 5) is 17.4. The number of carbonyl (C=O) groups excluding carboxylic acids is 1. The van der Waals surface area contributed by atoms with Crippen LogP contribution in [0.25, 0.3) is 5.70 Å². The van der Waals surface area contributed by atoms with Gasteiger partial charge in [0.1, 0.15) is 12.1 Å².